The van der Waals surface area contributed by atoms with Crippen molar-refractivity contribution in [2.45, 2.75) is 0 Å². The minimum atomic E-state index is 0.620. The third kappa shape index (κ3) is 7.72. The van der Waals surface area contributed by atoms with Gasteiger partial charge in [-0.25, -0.2) is 19.9 Å². The summed E-state index contributed by atoms with van der Waals surface area (Å²) >= 11 is 7.12. The number of hydrogen-bond acceptors (Lipinski definition) is 6. The molecule has 0 spiro atoms. The molecule has 6 nitrogen and oxygen atoms in total. The van der Waals surface area contributed by atoms with Crippen molar-refractivity contribution >= 4 is 166 Å². The summed E-state index contributed by atoms with van der Waals surface area (Å²) in [4.78, 5) is 23.1. The van der Waals surface area contributed by atoms with Crippen LogP contribution in [0, 0.1) is 0 Å². The Bertz CT molecular complexity index is 5510. The molecule has 6 aromatic heterocycles. The molecule has 12 aromatic carbocycles. The van der Waals surface area contributed by atoms with Crippen molar-refractivity contribution in [3.05, 3.63) is 260 Å². The molecule has 0 saturated carbocycles. The normalized spacial score (nSPS) is 11.8. The van der Waals surface area contributed by atoms with Crippen LogP contribution >= 0.6 is 38.6 Å². The van der Waals surface area contributed by atoms with Crippen LogP contribution in [0.2, 0.25) is 0 Å². The van der Waals surface area contributed by atoms with Crippen LogP contribution < -0.4 is 0 Å². The summed E-state index contributed by atoms with van der Waals surface area (Å²) in [6, 6.07) is 89.3. The summed E-state index contributed by atoms with van der Waals surface area (Å²) in [5, 5.41) is 17.7. The van der Waals surface area contributed by atoms with Crippen molar-refractivity contribution in [1.29, 1.82) is 0 Å². The fourth-order valence-corrected chi connectivity index (χ4v) is 15.0. The van der Waals surface area contributed by atoms with Gasteiger partial charge in [0.1, 0.15) is 0 Å². The number of H-pyrrole nitrogens is 1. The van der Waals surface area contributed by atoms with E-state index >= 15 is 0 Å². The molecule has 1 N–H and O–H groups in total. The Hall–Kier alpha value is -9.64. The van der Waals surface area contributed by atoms with E-state index in [9.17, 15) is 0 Å². The molecule has 0 aliphatic heterocycles. The molecule has 0 unspecified atom stereocenters. The molecular formula is C72H43BrN6S2. The van der Waals surface area contributed by atoms with Crippen LogP contribution in [-0.2, 0) is 0 Å². The standard InChI is InChI=1S/C36H21N3S.C22H13NS.C14H9BrN2/c1-2-12-22(13-3-1)33-25-16-6-9-19-28(25)37-36(38-33)39-29-20-10-7-17-26(29)31-23-14-4-5-15-24(23)35-32(34(31)39)27-18-8-11-21-30(27)40-35;1-2-8-14-13(7-1)19-15-9-3-5-11-17(15)23-21(19)20-16-10-4-6-12-18(16)24-22(14)20;15-14-16-12-9-5-4-8-11(12)13(17-14)10-6-2-1-3-7-10/h1-21H;1-12,23H;1-9H. The van der Waals surface area contributed by atoms with Crippen LogP contribution in [0.15, 0.2) is 260 Å². The number of nitrogens with one attached hydrogen (secondary N) is 1. The molecular weight excluding hydrogens is 1090 g/mol. The molecule has 18 rings (SSSR count). The van der Waals surface area contributed by atoms with E-state index in [0.29, 0.717) is 10.7 Å². The smallest absolute Gasteiger partial charge is 0.235 e. The van der Waals surface area contributed by atoms with Crippen molar-refractivity contribution in [3.63, 3.8) is 0 Å². The van der Waals surface area contributed by atoms with Gasteiger partial charge in [0.05, 0.1) is 39.0 Å². The molecule has 0 radical (unpaired) electrons. The average Bonchev–Trinajstić information content (AvgIpc) is 2.43. The lowest BCUT2D eigenvalue weighted by Crippen LogP contribution is -2.03. The van der Waals surface area contributed by atoms with E-state index in [0.717, 1.165) is 49.8 Å². The number of nitrogens with zero attached hydrogens (tertiary/aromatic N) is 5. The molecule has 6 heterocycles. The van der Waals surface area contributed by atoms with Gasteiger partial charge in [-0.3, -0.25) is 4.57 Å². The highest BCUT2D eigenvalue weighted by Crippen LogP contribution is 2.49. The fraction of sp³-hybridized carbons (Fsp3) is 0. The van der Waals surface area contributed by atoms with E-state index in [1.54, 1.807) is 0 Å². The van der Waals surface area contributed by atoms with E-state index < -0.39 is 0 Å². The molecule has 380 valence electrons. The number of rotatable bonds is 3. The van der Waals surface area contributed by atoms with E-state index in [1.165, 1.54) is 100.0 Å². The quantitative estimate of drug-likeness (QED) is 0.179. The van der Waals surface area contributed by atoms with Gasteiger partial charge in [0.25, 0.3) is 0 Å². The fourth-order valence-electron chi connectivity index (χ4n) is 12.2. The van der Waals surface area contributed by atoms with Crippen LogP contribution in [0.5, 0.6) is 0 Å². The zero-order valence-electron chi connectivity index (χ0n) is 43.2. The van der Waals surface area contributed by atoms with Gasteiger partial charge in [-0.2, -0.15) is 0 Å². The Kier molecular flexibility index (Phi) is 11.3. The number of halogens is 1. The van der Waals surface area contributed by atoms with E-state index in [4.69, 9.17) is 9.97 Å². The third-order valence-electron chi connectivity index (χ3n) is 15.6. The largest absolute Gasteiger partial charge is 0.354 e. The first kappa shape index (κ1) is 47.4. The summed E-state index contributed by atoms with van der Waals surface area (Å²) in [6.45, 7) is 0. The summed E-state index contributed by atoms with van der Waals surface area (Å²) < 4.78 is 8.25. The van der Waals surface area contributed by atoms with Gasteiger partial charge in [0, 0.05) is 100 Å². The lowest BCUT2D eigenvalue weighted by Gasteiger charge is -2.12. The maximum Gasteiger partial charge on any atom is 0.235 e. The van der Waals surface area contributed by atoms with Crippen LogP contribution in [0.1, 0.15) is 0 Å². The monoisotopic (exact) mass is 1130 g/mol. The number of para-hydroxylation sites is 4. The Morgan fingerprint density at radius 1 is 0.333 bits per heavy atom. The molecule has 0 fully saturated rings. The highest BCUT2D eigenvalue weighted by Gasteiger charge is 2.24. The zero-order valence-corrected chi connectivity index (χ0v) is 46.4. The first-order chi connectivity index (χ1) is 40.1. The van der Waals surface area contributed by atoms with Crippen LogP contribution in [-0.4, -0.2) is 29.5 Å². The lowest BCUT2D eigenvalue weighted by atomic mass is 10.00. The van der Waals surface area contributed by atoms with Gasteiger partial charge in [0.15, 0.2) is 4.73 Å². The topological polar surface area (TPSA) is 72.3 Å². The molecule has 9 heteroatoms. The highest BCUT2D eigenvalue weighted by molar-refractivity contribution is 9.10. The number of aromatic amines is 1. The van der Waals surface area contributed by atoms with Crippen LogP contribution in [0.3, 0.4) is 0 Å². The average molecular weight is 1140 g/mol. The maximum absolute atomic E-state index is 5.32. The zero-order chi connectivity index (χ0) is 53.5. The van der Waals surface area contributed by atoms with Crippen molar-refractivity contribution in [2.24, 2.45) is 0 Å². The Morgan fingerprint density at radius 3 is 1.41 bits per heavy atom. The maximum atomic E-state index is 5.32. The molecule has 0 bridgehead atoms. The number of aromatic nitrogens is 6. The second-order valence-corrected chi connectivity index (χ2v) is 23.0. The van der Waals surface area contributed by atoms with Gasteiger partial charge in [-0.15, -0.1) is 22.7 Å². The number of thiophene rings is 2. The van der Waals surface area contributed by atoms with Crippen LogP contribution in [0.4, 0.5) is 0 Å². The van der Waals surface area contributed by atoms with Crippen LogP contribution in [0.25, 0.3) is 156 Å². The molecule has 0 atom stereocenters. The van der Waals surface area contributed by atoms with Crippen molar-refractivity contribution in [1.82, 2.24) is 29.5 Å². The number of benzene rings is 12. The van der Waals surface area contributed by atoms with Gasteiger partial charge < -0.3 is 4.98 Å². The van der Waals surface area contributed by atoms with Gasteiger partial charge in [-0.1, -0.05) is 218 Å². The van der Waals surface area contributed by atoms with E-state index in [1.807, 2.05) is 71.2 Å². The third-order valence-corrected chi connectivity index (χ3v) is 18.4. The molecule has 0 amide bonds. The van der Waals surface area contributed by atoms with Crippen molar-refractivity contribution in [2.75, 3.05) is 0 Å². The second-order valence-electron chi connectivity index (χ2n) is 20.2. The molecule has 0 aliphatic rings. The minimum Gasteiger partial charge on any atom is -0.354 e. The van der Waals surface area contributed by atoms with Gasteiger partial charge in [0.2, 0.25) is 5.95 Å². The number of hydrogen-bond donors (Lipinski definition) is 1. The van der Waals surface area contributed by atoms with Crippen molar-refractivity contribution in [3.8, 4) is 28.5 Å². The lowest BCUT2D eigenvalue weighted by molar-refractivity contribution is 1.02. The Labute approximate surface area is 480 Å². The summed E-state index contributed by atoms with van der Waals surface area (Å²) in [7, 11) is 0. The van der Waals surface area contributed by atoms with E-state index in [-0.39, 0.29) is 0 Å². The van der Waals surface area contributed by atoms with Crippen molar-refractivity contribution < 1.29 is 0 Å². The first-order valence-electron chi connectivity index (χ1n) is 26.9. The molecule has 81 heavy (non-hydrogen) atoms. The Balaban J connectivity index is 0.000000112. The van der Waals surface area contributed by atoms with Gasteiger partial charge in [-0.05, 0) is 63.1 Å². The predicted octanol–water partition coefficient (Wildman–Crippen LogP) is 20.8. The second kappa shape index (κ2) is 19.3. The summed E-state index contributed by atoms with van der Waals surface area (Å²) in [5.74, 6) is 0.690. The summed E-state index contributed by atoms with van der Waals surface area (Å²) in [5.41, 5.74) is 10.7. The minimum absolute atomic E-state index is 0.620. The molecule has 0 aliphatic carbocycles. The summed E-state index contributed by atoms with van der Waals surface area (Å²) in [6.07, 6.45) is 0. The predicted molar refractivity (Wildman–Crippen MR) is 349 cm³/mol. The molecule has 0 saturated heterocycles. The SMILES string of the molecule is Brc1nc(-c2ccccc2)c2ccccc2n1.c1ccc(-c2nc(-n3c4ccccc4c4c5ccccc5c5sc6ccccc6c5c43)nc3ccccc23)cc1.c1ccc2c(c1)[nH]c1c2c2ccccc2c2sc3ccccc3c12. The highest BCUT2D eigenvalue weighted by atomic mass is 79.9. The van der Waals surface area contributed by atoms with E-state index in [2.05, 4.69) is 242 Å². The first-order valence-corrected chi connectivity index (χ1v) is 29.3. The Morgan fingerprint density at radius 2 is 0.778 bits per heavy atom. The number of fused-ring (bicyclic) bond motifs is 22. The molecule has 18 aromatic rings. The van der Waals surface area contributed by atoms with Gasteiger partial charge >= 0.3 is 0 Å².